The molecule has 130 valence electrons. The third-order valence-electron chi connectivity index (χ3n) is 3.86. The first-order chi connectivity index (χ1) is 12.1. The van der Waals surface area contributed by atoms with Gasteiger partial charge in [-0.05, 0) is 35.9 Å². The second-order valence-corrected chi connectivity index (χ2v) is 5.95. The van der Waals surface area contributed by atoms with E-state index < -0.39 is 5.97 Å². The Bertz CT molecular complexity index is 772. The van der Waals surface area contributed by atoms with Gasteiger partial charge in [-0.1, -0.05) is 23.7 Å². The average Bonchev–Trinajstić information content (AvgIpc) is 2.64. The molecule has 1 N–H and O–H groups in total. The molecule has 0 aliphatic carbocycles. The molecule has 2 aromatic rings. The van der Waals surface area contributed by atoms with Gasteiger partial charge in [0, 0.05) is 29.4 Å². The molecular formula is C18H17ClN3O3-. The van der Waals surface area contributed by atoms with Gasteiger partial charge in [0.25, 0.3) is 0 Å². The molecule has 1 aliphatic rings. The number of hydrogen-bond acceptors (Lipinski definition) is 6. The number of ether oxygens (including phenoxy) is 1. The van der Waals surface area contributed by atoms with E-state index in [0.29, 0.717) is 5.69 Å². The minimum atomic E-state index is -1.32. The number of benzene rings is 2. The second kappa shape index (κ2) is 8.00. The standard InChI is InChI=1S/C18H18ClN3O3/c19-17-6-3-14(11-16(17)18(23)24)21-20-12-13-1-4-15(5-2-13)22-7-9-25-10-8-22/h1-6,11-12,21H,7-10H2,(H,23,24)/p-1/b20-12-. The number of morpholine rings is 1. The Hall–Kier alpha value is -2.57. The topological polar surface area (TPSA) is 77.0 Å². The normalized spacial score (nSPS) is 14.7. The summed E-state index contributed by atoms with van der Waals surface area (Å²) in [6.07, 6.45) is 1.66. The van der Waals surface area contributed by atoms with Crippen molar-refractivity contribution in [2.24, 2.45) is 5.10 Å². The zero-order valence-electron chi connectivity index (χ0n) is 13.4. The van der Waals surface area contributed by atoms with E-state index in [1.165, 1.54) is 12.1 Å². The van der Waals surface area contributed by atoms with Gasteiger partial charge in [-0.15, -0.1) is 0 Å². The monoisotopic (exact) mass is 358 g/mol. The summed E-state index contributed by atoms with van der Waals surface area (Å²) in [5.74, 6) is -1.32. The number of anilines is 2. The van der Waals surface area contributed by atoms with E-state index in [-0.39, 0.29) is 10.6 Å². The van der Waals surface area contributed by atoms with Crippen LogP contribution in [0.4, 0.5) is 11.4 Å². The third-order valence-corrected chi connectivity index (χ3v) is 4.19. The number of rotatable bonds is 5. The van der Waals surface area contributed by atoms with Crippen LogP contribution in [0.2, 0.25) is 5.02 Å². The molecule has 0 radical (unpaired) electrons. The highest BCUT2D eigenvalue weighted by molar-refractivity contribution is 6.33. The van der Waals surface area contributed by atoms with E-state index >= 15 is 0 Å². The first kappa shape index (κ1) is 17.3. The van der Waals surface area contributed by atoms with Crippen molar-refractivity contribution in [3.63, 3.8) is 0 Å². The molecule has 3 rings (SSSR count). The lowest BCUT2D eigenvalue weighted by Gasteiger charge is -2.28. The molecule has 0 bridgehead atoms. The number of aromatic carboxylic acids is 1. The minimum Gasteiger partial charge on any atom is -0.545 e. The van der Waals surface area contributed by atoms with Gasteiger partial charge < -0.3 is 19.5 Å². The molecule has 1 aliphatic heterocycles. The first-order valence-electron chi connectivity index (χ1n) is 7.86. The van der Waals surface area contributed by atoms with Gasteiger partial charge >= 0.3 is 0 Å². The molecule has 1 fully saturated rings. The minimum absolute atomic E-state index is 0.0725. The molecule has 7 heteroatoms. The zero-order chi connectivity index (χ0) is 17.6. The van der Waals surface area contributed by atoms with Crippen LogP contribution in [0.25, 0.3) is 0 Å². The molecule has 0 saturated carbocycles. The highest BCUT2D eigenvalue weighted by atomic mass is 35.5. The number of nitrogens with zero attached hydrogens (tertiary/aromatic N) is 2. The second-order valence-electron chi connectivity index (χ2n) is 5.54. The quantitative estimate of drug-likeness (QED) is 0.653. The van der Waals surface area contributed by atoms with Crippen molar-refractivity contribution in [1.29, 1.82) is 0 Å². The number of halogens is 1. The van der Waals surface area contributed by atoms with E-state index in [4.69, 9.17) is 16.3 Å². The van der Waals surface area contributed by atoms with Gasteiger partial charge in [-0.2, -0.15) is 5.10 Å². The van der Waals surface area contributed by atoms with Crippen LogP contribution in [0.15, 0.2) is 47.6 Å². The lowest BCUT2D eigenvalue weighted by molar-refractivity contribution is -0.255. The third kappa shape index (κ3) is 4.49. The van der Waals surface area contributed by atoms with Gasteiger partial charge in [0.1, 0.15) is 0 Å². The van der Waals surface area contributed by atoms with Crippen LogP contribution in [-0.4, -0.2) is 38.5 Å². The van der Waals surface area contributed by atoms with Gasteiger partial charge in [0.15, 0.2) is 0 Å². The molecule has 0 atom stereocenters. The van der Waals surface area contributed by atoms with E-state index in [9.17, 15) is 9.90 Å². The number of nitrogens with one attached hydrogen (secondary N) is 1. The molecule has 6 nitrogen and oxygen atoms in total. The fraction of sp³-hybridized carbons (Fsp3) is 0.222. The molecule has 1 saturated heterocycles. The Kier molecular flexibility index (Phi) is 5.53. The van der Waals surface area contributed by atoms with Crippen LogP contribution in [0.5, 0.6) is 0 Å². The van der Waals surface area contributed by atoms with Gasteiger partial charge in [0.2, 0.25) is 0 Å². The van der Waals surface area contributed by atoms with Crippen molar-refractivity contribution in [3.8, 4) is 0 Å². The molecule has 0 amide bonds. The lowest BCUT2D eigenvalue weighted by Crippen LogP contribution is -2.36. The summed E-state index contributed by atoms with van der Waals surface area (Å²) < 4.78 is 5.35. The molecule has 25 heavy (non-hydrogen) atoms. The number of carboxylic acids is 1. The van der Waals surface area contributed by atoms with Crippen LogP contribution >= 0.6 is 11.6 Å². The van der Waals surface area contributed by atoms with Crippen LogP contribution in [0, 0.1) is 0 Å². The van der Waals surface area contributed by atoms with Crippen LogP contribution < -0.4 is 15.4 Å². The Balaban J connectivity index is 1.62. The van der Waals surface area contributed by atoms with E-state index in [1.54, 1.807) is 12.3 Å². The fourth-order valence-electron chi connectivity index (χ4n) is 2.53. The Morgan fingerprint density at radius 3 is 2.60 bits per heavy atom. The van der Waals surface area contributed by atoms with Crippen molar-refractivity contribution < 1.29 is 14.6 Å². The smallest absolute Gasteiger partial charge is 0.0731 e. The van der Waals surface area contributed by atoms with Crippen LogP contribution in [-0.2, 0) is 4.74 Å². The molecule has 0 unspecified atom stereocenters. The average molecular weight is 359 g/mol. The number of carbonyl (C=O) groups is 1. The van der Waals surface area contributed by atoms with E-state index in [0.717, 1.165) is 37.6 Å². The van der Waals surface area contributed by atoms with Crippen molar-refractivity contribution in [1.82, 2.24) is 0 Å². The Morgan fingerprint density at radius 2 is 1.92 bits per heavy atom. The van der Waals surface area contributed by atoms with Crippen molar-refractivity contribution in [2.45, 2.75) is 0 Å². The largest absolute Gasteiger partial charge is 0.545 e. The number of carboxylic acid groups (broad SMARTS) is 1. The number of carbonyl (C=O) groups excluding carboxylic acids is 1. The number of hydrogen-bond donors (Lipinski definition) is 1. The first-order valence-corrected chi connectivity index (χ1v) is 8.24. The van der Waals surface area contributed by atoms with E-state index in [1.807, 2.05) is 24.3 Å². The molecular weight excluding hydrogens is 342 g/mol. The highest BCUT2D eigenvalue weighted by Crippen LogP contribution is 2.20. The van der Waals surface area contributed by atoms with E-state index in [2.05, 4.69) is 15.4 Å². The summed E-state index contributed by atoms with van der Waals surface area (Å²) in [5.41, 5.74) is 5.32. The zero-order valence-corrected chi connectivity index (χ0v) is 14.2. The summed E-state index contributed by atoms with van der Waals surface area (Å²) in [7, 11) is 0. The predicted molar refractivity (Wildman–Crippen MR) is 96.5 cm³/mol. The van der Waals surface area contributed by atoms with Gasteiger partial charge in [0.05, 0.1) is 31.1 Å². The lowest BCUT2D eigenvalue weighted by atomic mass is 10.2. The van der Waals surface area contributed by atoms with Crippen molar-refractivity contribution in [2.75, 3.05) is 36.6 Å². The SMILES string of the molecule is O=C([O-])c1cc(N/N=C\c2ccc(N3CCOCC3)cc2)ccc1Cl. The summed E-state index contributed by atoms with van der Waals surface area (Å²) in [6, 6.07) is 12.6. The Morgan fingerprint density at radius 1 is 1.20 bits per heavy atom. The summed E-state index contributed by atoms with van der Waals surface area (Å²) >= 11 is 5.80. The predicted octanol–water partition coefficient (Wildman–Crippen LogP) is 1.99. The van der Waals surface area contributed by atoms with Gasteiger partial charge in [-0.25, -0.2) is 0 Å². The summed E-state index contributed by atoms with van der Waals surface area (Å²) in [5, 5.41) is 15.2. The molecule has 0 spiro atoms. The highest BCUT2D eigenvalue weighted by Gasteiger charge is 2.10. The Labute approximate surface area is 150 Å². The molecule has 1 heterocycles. The van der Waals surface area contributed by atoms with Gasteiger partial charge in [-0.3, -0.25) is 5.43 Å². The van der Waals surface area contributed by atoms with Crippen LogP contribution in [0.3, 0.4) is 0 Å². The van der Waals surface area contributed by atoms with Crippen molar-refractivity contribution in [3.05, 3.63) is 58.6 Å². The maximum absolute atomic E-state index is 11.0. The summed E-state index contributed by atoms with van der Waals surface area (Å²) in [6.45, 7) is 3.29. The molecule has 0 aromatic heterocycles. The van der Waals surface area contributed by atoms with Crippen molar-refractivity contribution >= 4 is 35.2 Å². The molecule has 2 aromatic carbocycles. The summed E-state index contributed by atoms with van der Waals surface area (Å²) in [4.78, 5) is 13.2. The maximum Gasteiger partial charge on any atom is 0.0731 e. The maximum atomic E-state index is 11.0. The van der Waals surface area contributed by atoms with Crippen LogP contribution in [0.1, 0.15) is 15.9 Å². The fourth-order valence-corrected chi connectivity index (χ4v) is 2.72. The number of hydrazone groups is 1.